The van der Waals surface area contributed by atoms with Crippen molar-refractivity contribution in [3.63, 3.8) is 0 Å². The number of anilines is 1. The average Bonchev–Trinajstić information content (AvgIpc) is 2.52. The molecule has 0 saturated carbocycles. The van der Waals surface area contributed by atoms with E-state index >= 15 is 0 Å². The van der Waals surface area contributed by atoms with E-state index in [1.807, 2.05) is 12.1 Å². The van der Waals surface area contributed by atoms with Crippen LogP contribution in [-0.4, -0.2) is 5.91 Å². The van der Waals surface area contributed by atoms with E-state index in [4.69, 9.17) is 5.73 Å². The fraction of sp³-hybridized carbons (Fsp3) is 0.278. The highest BCUT2D eigenvalue weighted by atomic mass is 16.1. The highest BCUT2D eigenvalue weighted by molar-refractivity contribution is 5.92. The monoisotopic (exact) mass is 282 g/mol. The van der Waals surface area contributed by atoms with Crippen LogP contribution in [0.3, 0.4) is 0 Å². The number of aryl methyl sites for hydroxylation is 2. The molecule has 0 aliphatic rings. The van der Waals surface area contributed by atoms with Gasteiger partial charge < -0.3 is 11.1 Å². The van der Waals surface area contributed by atoms with Crippen molar-refractivity contribution in [2.45, 2.75) is 33.2 Å². The molecule has 3 heteroatoms. The largest absolute Gasteiger partial charge is 0.381 e. The van der Waals surface area contributed by atoms with Crippen LogP contribution in [0.5, 0.6) is 0 Å². The smallest absolute Gasteiger partial charge is 0.248 e. The molecule has 3 nitrogen and oxygen atoms in total. The molecule has 21 heavy (non-hydrogen) atoms. The number of primary amides is 1. The molecule has 2 rings (SSSR count). The van der Waals surface area contributed by atoms with Crippen LogP contribution >= 0.6 is 0 Å². The molecule has 0 fully saturated rings. The van der Waals surface area contributed by atoms with Crippen LogP contribution in [0.1, 0.15) is 40.9 Å². The maximum Gasteiger partial charge on any atom is 0.248 e. The molecular weight excluding hydrogens is 260 g/mol. The van der Waals surface area contributed by atoms with Crippen molar-refractivity contribution in [1.29, 1.82) is 0 Å². The zero-order chi connectivity index (χ0) is 15.2. The van der Waals surface area contributed by atoms with Gasteiger partial charge in [-0.05, 0) is 41.7 Å². The molecule has 2 aromatic rings. The second-order valence-corrected chi connectivity index (χ2v) is 5.07. The van der Waals surface area contributed by atoms with Crippen LogP contribution in [0.2, 0.25) is 0 Å². The van der Waals surface area contributed by atoms with E-state index in [0.717, 1.165) is 24.9 Å². The molecular formula is C18H22N2O. The summed E-state index contributed by atoms with van der Waals surface area (Å²) in [6.07, 6.45) is 2.02. The van der Waals surface area contributed by atoms with E-state index in [9.17, 15) is 4.79 Å². The molecule has 0 unspecified atom stereocenters. The first kappa shape index (κ1) is 15.1. The summed E-state index contributed by atoms with van der Waals surface area (Å²) in [4.78, 5) is 11.1. The molecule has 0 heterocycles. The van der Waals surface area contributed by atoms with E-state index in [1.54, 1.807) is 12.1 Å². The lowest BCUT2D eigenvalue weighted by Gasteiger charge is -2.15. The lowest BCUT2D eigenvalue weighted by Crippen LogP contribution is -2.11. The molecule has 110 valence electrons. The molecule has 0 spiro atoms. The first-order chi connectivity index (χ1) is 10.2. The SMILES string of the molecule is CCc1cccc(CC)c1NCc1ccc(C(N)=O)cc1. The Kier molecular flexibility index (Phi) is 4.99. The first-order valence-corrected chi connectivity index (χ1v) is 7.39. The van der Waals surface area contributed by atoms with Gasteiger partial charge in [0.15, 0.2) is 0 Å². The number of rotatable bonds is 6. The number of hydrogen-bond donors (Lipinski definition) is 2. The molecule has 0 aliphatic carbocycles. The normalized spacial score (nSPS) is 10.4. The van der Waals surface area contributed by atoms with Crippen LogP contribution in [0, 0.1) is 0 Å². The Bertz CT molecular complexity index is 595. The molecule has 1 amide bonds. The fourth-order valence-electron chi connectivity index (χ4n) is 2.45. The summed E-state index contributed by atoms with van der Waals surface area (Å²) in [5.74, 6) is -0.390. The second kappa shape index (κ2) is 6.93. The van der Waals surface area contributed by atoms with Crippen LogP contribution in [0.25, 0.3) is 0 Å². The van der Waals surface area contributed by atoms with E-state index in [0.29, 0.717) is 5.56 Å². The van der Waals surface area contributed by atoms with E-state index in [2.05, 4.69) is 37.4 Å². The molecule has 0 atom stereocenters. The lowest BCUT2D eigenvalue weighted by atomic mass is 10.0. The number of hydrogen-bond acceptors (Lipinski definition) is 2. The quantitative estimate of drug-likeness (QED) is 0.851. The van der Waals surface area contributed by atoms with Gasteiger partial charge in [-0.1, -0.05) is 44.2 Å². The van der Waals surface area contributed by atoms with Gasteiger partial charge in [0, 0.05) is 17.8 Å². The molecule has 0 saturated heterocycles. The maximum absolute atomic E-state index is 11.1. The number of amides is 1. The molecule has 3 N–H and O–H groups in total. The van der Waals surface area contributed by atoms with Crippen LogP contribution in [-0.2, 0) is 19.4 Å². The average molecular weight is 282 g/mol. The van der Waals surface area contributed by atoms with Gasteiger partial charge in [0.05, 0.1) is 0 Å². The first-order valence-electron chi connectivity index (χ1n) is 7.39. The van der Waals surface area contributed by atoms with Crippen molar-refractivity contribution in [3.05, 3.63) is 64.7 Å². The summed E-state index contributed by atoms with van der Waals surface area (Å²) < 4.78 is 0. The highest BCUT2D eigenvalue weighted by Crippen LogP contribution is 2.23. The van der Waals surface area contributed by atoms with Crippen molar-refractivity contribution in [1.82, 2.24) is 0 Å². The summed E-state index contributed by atoms with van der Waals surface area (Å²) in [6, 6.07) is 13.9. The third-order valence-electron chi connectivity index (χ3n) is 3.71. The summed E-state index contributed by atoms with van der Waals surface area (Å²) in [6.45, 7) is 5.08. The Hall–Kier alpha value is -2.29. The zero-order valence-electron chi connectivity index (χ0n) is 12.6. The standard InChI is InChI=1S/C18H22N2O/c1-3-14-6-5-7-15(4-2)17(14)20-12-13-8-10-16(11-9-13)18(19)21/h5-11,20H,3-4,12H2,1-2H3,(H2,19,21). The summed E-state index contributed by atoms with van der Waals surface area (Å²) in [5.41, 5.74) is 10.8. The predicted molar refractivity (Wildman–Crippen MR) is 87.5 cm³/mol. The second-order valence-electron chi connectivity index (χ2n) is 5.07. The molecule has 0 bridgehead atoms. The predicted octanol–water partition coefficient (Wildman–Crippen LogP) is 3.52. The van der Waals surface area contributed by atoms with Crippen molar-refractivity contribution in [2.24, 2.45) is 5.73 Å². The third-order valence-corrected chi connectivity index (χ3v) is 3.71. The Morgan fingerprint density at radius 2 is 1.57 bits per heavy atom. The minimum Gasteiger partial charge on any atom is -0.381 e. The topological polar surface area (TPSA) is 55.1 Å². The number of nitrogens with one attached hydrogen (secondary N) is 1. The van der Waals surface area contributed by atoms with Gasteiger partial charge in [0.25, 0.3) is 0 Å². The summed E-state index contributed by atoms with van der Waals surface area (Å²) in [7, 11) is 0. The number of benzene rings is 2. The minimum atomic E-state index is -0.390. The van der Waals surface area contributed by atoms with Gasteiger partial charge in [-0.25, -0.2) is 0 Å². The summed E-state index contributed by atoms with van der Waals surface area (Å²) >= 11 is 0. The molecule has 0 aromatic heterocycles. The van der Waals surface area contributed by atoms with Gasteiger partial charge in [-0.15, -0.1) is 0 Å². The van der Waals surface area contributed by atoms with Gasteiger partial charge >= 0.3 is 0 Å². The third kappa shape index (κ3) is 3.63. The van der Waals surface area contributed by atoms with Gasteiger partial charge in [0.1, 0.15) is 0 Å². The Morgan fingerprint density at radius 1 is 1.00 bits per heavy atom. The zero-order valence-corrected chi connectivity index (χ0v) is 12.6. The van der Waals surface area contributed by atoms with Crippen molar-refractivity contribution in [3.8, 4) is 0 Å². The van der Waals surface area contributed by atoms with Crippen LogP contribution in [0.4, 0.5) is 5.69 Å². The Morgan fingerprint density at radius 3 is 2.05 bits per heavy atom. The fourth-order valence-corrected chi connectivity index (χ4v) is 2.45. The van der Waals surface area contributed by atoms with Crippen molar-refractivity contribution < 1.29 is 4.79 Å². The Labute approximate surface area is 126 Å². The van der Waals surface area contributed by atoms with Crippen LogP contribution < -0.4 is 11.1 Å². The number of carbonyl (C=O) groups excluding carboxylic acids is 1. The molecule has 0 aliphatic heterocycles. The maximum atomic E-state index is 11.1. The molecule has 0 radical (unpaired) electrons. The molecule has 2 aromatic carbocycles. The highest BCUT2D eigenvalue weighted by Gasteiger charge is 2.06. The van der Waals surface area contributed by atoms with Crippen molar-refractivity contribution in [2.75, 3.05) is 5.32 Å². The number of para-hydroxylation sites is 1. The van der Waals surface area contributed by atoms with E-state index in [-0.39, 0.29) is 5.91 Å². The number of nitrogens with two attached hydrogens (primary N) is 1. The number of carbonyl (C=O) groups is 1. The van der Waals surface area contributed by atoms with Crippen molar-refractivity contribution >= 4 is 11.6 Å². The van der Waals surface area contributed by atoms with Gasteiger partial charge in [-0.2, -0.15) is 0 Å². The van der Waals surface area contributed by atoms with Gasteiger partial charge in [0.2, 0.25) is 5.91 Å². The Balaban J connectivity index is 2.14. The van der Waals surface area contributed by atoms with E-state index in [1.165, 1.54) is 16.8 Å². The summed E-state index contributed by atoms with van der Waals surface area (Å²) in [5, 5.41) is 3.53. The van der Waals surface area contributed by atoms with E-state index < -0.39 is 0 Å². The minimum absolute atomic E-state index is 0.390. The van der Waals surface area contributed by atoms with Crippen LogP contribution in [0.15, 0.2) is 42.5 Å². The van der Waals surface area contributed by atoms with Gasteiger partial charge in [-0.3, -0.25) is 4.79 Å². The lowest BCUT2D eigenvalue weighted by molar-refractivity contribution is 0.100.